The van der Waals surface area contributed by atoms with Gasteiger partial charge in [-0.1, -0.05) is 0 Å². The summed E-state index contributed by atoms with van der Waals surface area (Å²) in [5.41, 5.74) is 1.77. The SMILES string of the molecule is COc1ccnc(-c2ccc(OC(C)C)nc2)c1. The van der Waals surface area contributed by atoms with Crippen LogP contribution in [0, 0.1) is 0 Å². The second-order valence-corrected chi connectivity index (χ2v) is 4.13. The highest BCUT2D eigenvalue weighted by atomic mass is 16.5. The molecular weight excluding hydrogens is 228 g/mol. The molecule has 0 amide bonds. The van der Waals surface area contributed by atoms with Crippen LogP contribution in [0.3, 0.4) is 0 Å². The fraction of sp³-hybridized carbons (Fsp3) is 0.286. The number of aromatic nitrogens is 2. The van der Waals surface area contributed by atoms with Crippen LogP contribution in [0.4, 0.5) is 0 Å². The van der Waals surface area contributed by atoms with Gasteiger partial charge in [-0.2, -0.15) is 0 Å². The Morgan fingerprint density at radius 3 is 2.56 bits per heavy atom. The van der Waals surface area contributed by atoms with E-state index in [1.165, 1.54) is 0 Å². The lowest BCUT2D eigenvalue weighted by Crippen LogP contribution is -2.06. The van der Waals surface area contributed by atoms with E-state index in [9.17, 15) is 0 Å². The minimum absolute atomic E-state index is 0.123. The quantitative estimate of drug-likeness (QED) is 0.829. The molecule has 0 unspecified atom stereocenters. The van der Waals surface area contributed by atoms with Crippen molar-refractivity contribution < 1.29 is 9.47 Å². The smallest absolute Gasteiger partial charge is 0.213 e. The second kappa shape index (κ2) is 5.49. The van der Waals surface area contributed by atoms with Gasteiger partial charge in [0.2, 0.25) is 5.88 Å². The third kappa shape index (κ3) is 2.97. The van der Waals surface area contributed by atoms with Crippen LogP contribution in [0.25, 0.3) is 11.3 Å². The lowest BCUT2D eigenvalue weighted by molar-refractivity contribution is 0.232. The molecule has 18 heavy (non-hydrogen) atoms. The van der Waals surface area contributed by atoms with E-state index in [2.05, 4.69) is 9.97 Å². The van der Waals surface area contributed by atoms with E-state index < -0.39 is 0 Å². The predicted octanol–water partition coefficient (Wildman–Crippen LogP) is 2.94. The minimum Gasteiger partial charge on any atom is -0.497 e. The molecule has 0 aliphatic heterocycles. The van der Waals surface area contributed by atoms with E-state index in [1.807, 2.05) is 38.1 Å². The van der Waals surface area contributed by atoms with Gasteiger partial charge in [-0.05, 0) is 26.0 Å². The molecule has 2 rings (SSSR count). The molecule has 0 atom stereocenters. The van der Waals surface area contributed by atoms with Crippen LogP contribution in [0.1, 0.15) is 13.8 Å². The zero-order chi connectivity index (χ0) is 13.0. The van der Waals surface area contributed by atoms with Crippen LogP contribution in [0.5, 0.6) is 11.6 Å². The molecule has 4 nitrogen and oxygen atoms in total. The van der Waals surface area contributed by atoms with E-state index >= 15 is 0 Å². The zero-order valence-electron chi connectivity index (χ0n) is 10.8. The Morgan fingerprint density at radius 2 is 1.94 bits per heavy atom. The summed E-state index contributed by atoms with van der Waals surface area (Å²) in [5.74, 6) is 1.40. The van der Waals surface area contributed by atoms with Gasteiger partial charge < -0.3 is 9.47 Å². The van der Waals surface area contributed by atoms with Crippen molar-refractivity contribution in [2.75, 3.05) is 7.11 Å². The van der Waals surface area contributed by atoms with Gasteiger partial charge in [0.25, 0.3) is 0 Å². The van der Waals surface area contributed by atoms with E-state index in [1.54, 1.807) is 19.5 Å². The van der Waals surface area contributed by atoms with Crippen molar-refractivity contribution in [1.82, 2.24) is 9.97 Å². The summed E-state index contributed by atoms with van der Waals surface area (Å²) in [4.78, 5) is 8.54. The molecule has 0 aromatic carbocycles. The monoisotopic (exact) mass is 244 g/mol. The van der Waals surface area contributed by atoms with Crippen LogP contribution in [-0.2, 0) is 0 Å². The highest BCUT2D eigenvalue weighted by molar-refractivity contribution is 5.59. The Kier molecular flexibility index (Phi) is 3.77. The van der Waals surface area contributed by atoms with Gasteiger partial charge in [0.1, 0.15) is 5.75 Å². The summed E-state index contributed by atoms with van der Waals surface area (Å²) in [6.45, 7) is 3.94. The average molecular weight is 244 g/mol. The van der Waals surface area contributed by atoms with E-state index in [4.69, 9.17) is 9.47 Å². The van der Waals surface area contributed by atoms with Crippen molar-refractivity contribution in [3.8, 4) is 22.9 Å². The number of nitrogens with zero attached hydrogens (tertiary/aromatic N) is 2. The molecule has 2 heterocycles. The fourth-order valence-corrected chi connectivity index (χ4v) is 1.54. The molecule has 0 aliphatic carbocycles. The average Bonchev–Trinajstić information content (AvgIpc) is 2.39. The van der Waals surface area contributed by atoms with Gasteiger partial charge in [-0.3, -0.25) is 4.98 Å². The third-order valence-electron chi connectivity index (χ3n) is 2.36. The molecule has 0 bridgehead atoms. The number of methoxy groups -OCH3 is 1. The first-order valence-electron chi connectivity index (χ1n) is 5.82. The first-order valence-corrected chi connectivity index (χ1v) is 5.82. The van der Waals surface area contributed by atoms with Gasteiger partial charge in [-0.15, -0.1) is 0 Å². The lowest BCUT2D eigenvalue weighted by Gasteiger charge is -2.09. The highest BCUT2D eigenvalue weighted by Gasteiger charge is 2.03. The number of pyridine rings is 2. The van der Waals surface area contributed by atoms with E-state index in [0.717, 1.165) is 17.0 Å². The Morgan fingerprint density at radius 1 is 1.11 bits per heavy atom. The van der Waals surface area contributed by atoms with E-state index in [-0.39, 0.29) is 6.10 Å². The molecule has 4 heteroatoms. The van der Waals surface area contributed by atoms with Crippen LogP contribution in [-0.4, -0.2) is 23.2 Å². The van der Waals surface area contributed by atoms with Crippen LogP contribution in [0.2, 0.25) is 0 Å². The Bertz CT molecular complexity index is 509. The summed E-state index contributed by atoms with van der Waals surface area (Å²) in [6, 6.07) is 7.47. The van der Waals surface area contributed by atoms with Gasteiger partial charge in [0.15, 0.2) is 0 Å². The molecule has 0 radical (unpaired) electrons. The van der Waals surface area contributed by atoms with Crippen LogP contribution in [0.15, 0.2) is 36.7 Å². The fourth-order valence-electron chi connectivity index (χ4n) is 1.54. The Balaban J connectivity index is 2.22. The Labute approximate surface area is 107 Å². The topological polar surface area (TPSA) is 44.2 Å². The molecule has 2 aromatic heterocycles. The summed E-state index contributed by atoms with van der Waals surface area (Å²) in [7, 11) is 1.64. The van der Waals surface area contributed by atoms with Crippen LogP contribution >= 0.6 is 0 Å². The molecule has 0 saturated carbocycles. The molecule has 0 saturated heterocycles. The second-order valence-electron chi connectivity index (χ2n) is 4.13. The van der Waals surface area contributed by atoms with Crippen LogP contribution < -0.4 is 9.47 Å². The number of ether oxygens (including phenoxy) is 2. The minimum atomic E-state index is 0.123. The molecule has 0 spiro atoms. The maximum Gasteiger partial charge on any atom is 0.213 e. The van der Waals surface area contributed by atoms with Gasteiger partial charge in [0, 0.05) is 30.1 Å². The van der Waals surface area contributed by atoms with E-state index in [0.29, 0.717) is 5.88 Å². The van der Waals surface area contributed by atoms with Gasteiger partial charge in [-0.25, -0.2) is 4.98 Å². The summed E-state index contributed by atoms with van der Waals surface area (Å²) in [5, 5.41) is 0. The molecule has 2 aromatic rings. The summed E-state index contributed by atoms with van der Waals surface area (Å²) < 4.78 is 10.7. The maximum absolute atomic E-state index is 5.49. The third-order valence-corrected chi connectivity index (χ3v) is 2.36. The molecule has 0 aliphatic rings. The van der Waals surface area contributed by atoms with Crippen molar-refractivity contribution >= 4 is 0 Å². The first-order chi connectivity index (χ1) is 8.69. The molecule has 94 valence electrons. The molecule has 0 N–H and O–H groups in total. The zero-order valence-corrected chi connectivity index (χ0v) is 10.8. The molecular formula is C14H16N2O2. The lowest BCUT2D eigenvalue weighted by atomic mass is 10.2. The van der Waals surface area contributed by atoms with Crippen molar-refractivity contribution in [2.24, 2.45) is 0 Å². The summed E-state index contributed by atoms with van der Waals surface area (Å²) in [6.07, 6.45) is 3.59. The summed E-state index contributed by atoms with van der Waals surface area (Å²) >= 11 is 0. The number of hydrogen-bond acceptors (Lipinski definition) is 4. The predicted molar refractivity (Wildman–Crippen MR) is 69.8 cm³/mol. The first kappa shape index (κ1) is 12.4. The maximum atomic E-state index is 5.49. The van der Waals surface area contributed by atoms with Crippen molar-refractivity contribution in [3.63, 3.8) is 0 Å². The van der Waals surface area contributed by atoms with Gasteiger partial charge in [0.05, 0.1) is 18.9 Å². The Hall–Kier alpha value is -2.10. The number of hydrogen-bond donors (Lipinski definition) is 0. The van der Waals surface area contributed by atoms with Crippen molar-refractivity contribution in [3.05, 3.63) is 36.7 Å². The largest absolute Gasteiger partial charge is 0.497 e. The van der Waals surface area contributed by atoms with Gasteiger partial charge >= 0.3 is 0 Å². The van der Waals surface area contributed by atoms with Crippen molar-refractivity contribution in [1.29, 1.82) is 0 Å². The molecule has 0 fully saturated rings. The standard InChI is InChI=1S/C14H16N2O2/c1-10(2)18-14-5-4-11(9-16-14)13-8-12(17-3)6-7-15-13/h4-10H,1-3H3. The number of rotatable bonds is 4. The normalized spacial score (nSPS) is 10.4. The highest BCUT2D eigenvalue weighted by Crippen LogP contribution is 2.22. The van der Waals surface area contributed by atoms with Crippen molar-refractivity contribution in [2.45, 2.75) is 20.0 Å².